The molecule has 0 bridgehead atoms. The fraction of sp³-hybridized carbons (Fsp3) is 0.700. The van der Waals surface area contributed by atoms with Crippen LogP contribution in [0.4, 0.5) is 0 Å². The number of hydrogen-bond acceptors (Lipinski definition) is 2. The monoisotopic (exact) mass is 296 g/mol. The predicted octanol–water partition coefficient (Wildman–Crippen LogP) is 3.80. The molecule has 0 spiro atoms. The van der Waals surface area contributed by atoms with E-state index in [1.165, 1.54) is 10.5 Å². The van der Waals surface area contributed by atoms with Gasteiger partial charge >= 0.3 is 5.97 Å². The number of esters is 1. The van der Waals surface area contributed by atoms with Crippen molar-refractivity contribution in [3.63, 3.8) is 0 Å². The highest BCUT2D eigenvalue weighted by atomic mass is 127. The summed E-state index contributed by atoms with van der Waals surface area (Å²) in [5.41, 5.74) is 0. The number of ether oxygens (including phenoxy) is 1. The summed E-state index contributed by atoms with van der Waals surface area (Å²) in [5, 5.41) is 0. The molecule has 2 nitrogen and oxygen atoms in total. The van der Waals surface area contributed by atoms with Gasteiger partial charge in [0.1, 0.15) is 5.76 Å². The Balaban J connectivity index is 4.35. The Labute approximate surface area is 93.9 Å². The van der Waals surface area contributed by atoms with Gasteiger partial charge in [0, 0.05) is 16.9 Å². The van der Waals surface area contributed by atoms with Crippen molar-refractivity contribution in [1.82, 2.24) is 0 Å². The summed E-state index contributed by atoms with van der Waals surface area (Å²) in [7, 11) is 0. The third-order valence-corrected chi connectivity index (χ3v) is 2.66. The maximum atomic E-state index is 10.8. The van der Waals surface area contributed by atoms with Crippen LogP contribution in [0, 0.1) is 0 Å². The molecule has 0 unspecified atom stereocenters. The minimum atomic E-state index is -0.214. The first kappa shape index (κ1) is 12.9. The van der Waals surface area contributed by atoms with E-state index in [2.05, 4.69) is 36.4 Å². The van der Waals surface area contributed by atoms with Gasteiger partial charge in [-0.1, -0.05) is 20.3 Å². The molecule has 0 fully saturated rings. The van der Waals surface area contributed by atoms with Gasteiger partial charge in [-0.15, -0.1) is 0 Å². The predicted molar refractivity (Wildman–Crippen MR) is 62.6 cm³/mol. The van der Waals surface area contributed by atoms with Crippen LogP contribution in [0.2, 0.25) is 0 Å². The van der Waals surface area contributed by atoms with Gasteiger partial charge in [-0.25, -0.2) is 0 Å². The first-order valence-corrected chi connectivity index (χ1v) is 5.75. The zero-order valence-electron chi connectivity index (χ0n) is 8.52. The van der Waals surface area contributed by atoms with E-state index in [4.69, 9.17) is 4.74 Å². The summed E-state index contributed by atoms with van der Waals surface area (Å²) in [6.45, 7) is 5.65. The first-order valence-electron chi connectivity index (χ1n) is 4.67. The Kier molecular flexibility index (Phi) is 7.32. The highest BCUT2D eigenvalue weighted by Gasteiger charge is 2.06. The van der Waals surface area contributed by atoms with E-state index in [0.717, 1.165) is 31.4 Å². The van der Waals surface area contributed by atoms with E-state index in [0.29, 0.717) is 0 Å². The molecule has 13 heavy (non-hydrogen) atoms. The smallest absolute Gasteiger partial charge is 0.307 e. The maximum Gasteiger partial charge on any atom is 0.307 e. The lowest BCUT2D eigenvalue weighted by Gasteiger charge is -2.08. The Hall–Kier alpha value is -0.0600. The number of halogens is 1. The maximum absolute atomic E-state index is 10.8. The lowest BCUT2D eigenvalue weighted by Crippen LogP contribution is -2.00. The lowest BCUT2D eigenvalue weighted by molar-refractivity contribution is -0.137. The van der Waals surface area contributed by atoms with E-state index in [1.54, 1.807) is 0 Å². The molecule has 0 aliphatic carbocycles. The topological polar surface area (TPSA) is 26.3 Å². The molecule has 3 heteroatoms. The molecule has 0 saturated heterocycles. The summed E-state index contributed by atoms with van der Waals surface area (Å²) >= 11 is 2.26. The Morgan fingerprint density at radius 2 is 1.77 bits per heavy atom. The van der Waals surface area contributed by atoms with E-state index < -0.39 is 0 Å². The van der Waals surface area contributed by atoms with E-state index in [-0.39, 0.29) is 5.97 Å². The highest BCUT2D eigenvalue weighted by molar-refractivity contribution is 14.1. The number of hydrogen-bond donors (Lipinski definition) is 0. The molecule has 0 amide bonds. The summed E-state index contributed by atoms with van der Waals surface area (Å²) in [6, 6.07) is 0. The van der Waals surface area contributed by atoms with Gasteiger partial charge in [-0.3, -0.25) is 4.79 Å². The zero-order valence-corrected chi connectivity index (χ0v) is 10.7. The van der Waals surface area contributed by atoms with Crippen LogP contribution >= 0.6 is 22.6 Å². The average Bonchev–Trinajstić information content (AvgIpc) is 2.03. The van der Waals surface area contributed by atoms with Gasteiger partial charge < -0.3 is 4.74 Å². The molecule has 0 aromatic rings. The average molecular weight is 296 g/mol. The zero-order chi connectivity index (χ0) is 10.3. The van der Waals surface area contributed by atoms with E-state index in [1.807, 2.05) is 0 Å². The molecule has 0 atom stereocenters. The molecular formula is C10H17IO2. The molecule has 0 rings (SSSR count). The summed E-state index contributed by atoms with van der Waals surface area (Å²) < 4.78 is 6.32. The van der Waals surface area contributed by atoms with E-state index in [9.17, 15) is 4.79 Å². The largest absolute Gasteiger partial charge is 0.430 e. The fourth-order valence-electron chi connectivity index (χ4n) is 1.00. The molecule has 0 N–H and O–H groups in total. The van der Waals surface area contributed by atoms with Crippen molar-refractivity contribution in [1.29, 1.82) is 0 Å². The molecule has 0 aliphatic rings. The highest BCUT2D eigenvalue weighted by Crippen LogP contribution is 2.23. The second-order valence-corrected chi connectivity index (χ2v) is 4.22. The lowest BCUT2D eigenvalue weighted by atomic mass is 10.2. The van der Waals surface area contributed by atoms with Gasteiger partial charge in [-0.05, 0) is 35.4 Å². The molecule has 0 radical (unpaired) electrons. The minimum absolute atomic E-state index is 0.214. The number of carbonyl (C=O) groups excluding carboxylic acids is 1. The second-order valence-electron chi connectivity index (χ2n) is 2.92. The third-order valence-electron chi connectivity index (χ3n) is 1.52. The SMILES string of the molecule is CCC/C(I)=C(/CCC)OC(C)=O. The summed E-state index contributed by atoms with van der Waals surface area (Å²) in [4.78, 5) is 10.8. The molecule has 0 aromatic carbocycles. The third kappa shape index (κ3) is 6.07. The Morgan fingerprint density at radius 1 is 1.23 bits per heavy atom. The molecule has 0 heterocycles. The number of rotatable bonds is 5. The molecular weight excluding hydrogens is 279 g/mol. The van der Waals surface area contributed by atoms with Crippen molar-refractivity contribution in [3.8, 4) is 0 Å². The number of carbonyl (C=O) groups is 1. The van der Waals surface area contributed by atoms with Gasteiger partial charge in [0.15, 0.2) is 0 Å². The minimum Gasteiger partial charge on any atom is -0.430 e. The van der Waals surface area contributed by atoms with E-state index >= 15 is 0 Å². The molecule has 0 aliphatic heterocycles. The Bertz CT molecular complexity index is 197. The van der Waals surface area contributed by atoms with Crippen molar-refractivity contribution in [2.75, 3.05) is 0 Å². The van der Waals surface area contributed by atoms with Gasteiger partial charge in [0.25, 0.3) is 0 Å². The van der Waals surface area contributed by atoms with Crippen LogP contribution in [-0.4, -0.2) is 5.97 Å². The van der Waals surface area contributed by atoms with Crippen LogP contribution in [-0.2, 0) is 9.53 Å². The summed E-state index contributed by atoms with van der Waals surface area (Å²) in [5.74, 6) is 0.645. The summed E-state index contributed by atoms with van der Waals surface area (Å²) in [6.07, 6.45) is 3.96. The van der Waals surface area contributed by atoms with Crippen LogP contribution in [0.15, 0.2) is 9.34 Å². The van der Waals surface area contributed by atoms with Crippen molar-refractivity contribution in [2.45, 2.75) is 46.5 Å². The quantitative estimate of drug-likeness (QED) is 0.438. The van der Waals surface area contributed by atoms with Crippen molar-refractivity contribution in [2.24, 2.45) is 0 Å². The molecule has 0 aromatic heterocycles. The van der Waals surface area contributed by atoms with Crippen LogP contribution in [0.1, 0.15) is 46.5 Å². The van der Waals surface area contributed by atoms with Crippen LogP contribution in [0.3, 0.4) is 0 Å². The Morgan fingerprint density at radius 3 is 2.15 bits per heavy atom. The molecule has 0 saturated carbocycles. The molecule has 76 valence electrons. The van der Waals surface area contributed by atoms with Crippen molar-refractivity contribution >= 4 is 28.6 Å². The standard InChI is InChI=1S/C10H17IO2/c1-4-6-9(11)10(7-5-2)13-8(3)12/h4-7H2,1-3H3/b10-9+. The van der Waals surface area contributed by atoms with Gasteiger partial charge in [0.05, 0.1) is 0 Å². The normalized spacial score (nSPS) is 12.3. The number of allylic oxidation sites excluding steroid dienone is 2. The van der Waals surface area contributed by atoms with Crippen LogP contribution in [0.5, 0.6) is 0 Å². The second kappa shape index (κ2) is 7.35. The van der Waals surface area contributed by atoms with Gasteiger partial charge in [0.2, 0.25) is 0 Å². The van der Waals surface area contributed by atoms with Crippen LogP contribution < -0.4 is 0 Å². The van der Waals surface area contributed by atoms with Crippen molar-refractivity contribution in [3.05, 3.63) is 9.34 Å². The fourth-order valence-corrected chi connectivity index (χ4v) is 1.92. The van der Waals surface area contributed by atoms with Gasteiger partial charge in [-0.2, -0.15) is 0 Å². The van der Waals surface area contributed by atoms with Crippen molar-refractivity contribution < 1.29 is 9.53 Å². The first-order chi connectivity index (χ1) is 6.11. The van der Waals surface area contributed by atoms with Crippen LogP contribution in [0.25, 0.3) is 0 Å².